The van der Waals surface area contributed by atoms with E-state index in [0.29, 0.717) is 13.0 Å². The molecule has 210 valence electrons. The Hall–Kier alpha value is -2.57. The largest absolute Gasteiger partial charge is 0.444 e. The van der Waals surface area contributed by atoms with Crippen molar-refractivity contribution in [3.05, 3.63) is 35.4 Å². The lowest BCUT2D eigenvalue weighted by Gasteiger charge is -2.36. The number of unbranched alkanes of at least 4 members (excludes halogenated alkanes) is 4. The zero-order chi connectivity index (χ0) is 28.2. The van der Waals surface area contributed by atoms with E-state index in [1.807, 2.05) is 58.9 Å². The molecule has 7 nitrogen and oxygen atoms in total. The van der Waals surface area contributed by atoms with E-state index in [4.69, 9.17) is 4.74 Å². The van der Waals surface area contributed by atoms with Crippen molar-refractivity contribution >= 4 is 17.9 Å². The average Bonchev–Trinajstić information content (AvgIpc) is 2.79. The van der Waals surface area contributed by atoms with Gasteiger partial charge in [-0.1, -0.05) is 82.7 Å². The molecule has 0 heterocycles. The van der Waals surface area contributed by atoms with Gasteiger partial charge in [-0.2, -0.15) is 0 Å². The van der Waals surface area contributed by atoms with Gasteiger partial charge in [-0.15, -0.1) is 0 Å². The number of hydrogen-bond donors (Lipinski definition) is 2. The van der Waals surface area contributed by atoms with E-state index in [9.17, 15) is 14.4 Å². The summed E-state index contributed by atoms with van der Waals surface area (Å²) in [7, 11) is 0. The molecular formula is C30H51N3O4. The minimum atomic E-state index is -0.811. The maximum Gasteiger partial charge on any atom is 0.408 e. The Balaban J connectivity index is 3.47. The van der Waals surface area contributed by atoms with Crippen LogP contribution in [-0.2, 0) is 14.3 Å². The van der Waals surface area contributed by atoms with Crippen molar-refractivity contribution in [1.29, 1.82) is 0 Å². The maximum atomic E-state index is 14.2. The van der Waals surface area contributed by atoms with Gasteiger partial charge in [0.15, 0.2) is 0 Å². The smallest absolute Gasteiger partial charge is 0.408 e. The van der Waals surface area contributed by atoms with E-state index in [1.54, 1.807) is 25.7 Å². The van der Waals surface area contributed by atoms with Crippen molar-refractivity contribution in [1.82, 2.24) is 15.5 Å². The molecule has 0 aliphatic heterocycles. The number of rotatable bonds is 14. The van der Waals surface area contributed by atoms with Gasteiger partial charge < -0.3 is 20.3 Å². The minimum absolute atomic E-state index is 0.0773. The van der Waals surface area contributed by atoms with Gasteiger partial charge in [0.25, 0.3) is 0 Å². The van der Waals surface area contributed by atoms with Crippen LogP contribution in [0, 0.1) is 12.8 Å². The zero-order valence-electron chi connectivity index (χ0n) is 24.6. The van der Waals surface area contributed by atoms with Crippen molar-refractivity contribution in [2.45, 2.75) is 125 Å². The molecule has 0 saturated heterocycles. The van der Waals surface area contributed by atoms with Gasteiger partial charge >= 0.3 is 6.09 Å². The predicted molar refractivity (Wildman–Crippen MR) is 150 cm³/mol. The molecule has 1 aromatic carbocycles. The van der Waals surface area contributed by atoms with Crippen LogP contribution in [-0.4, -0.2) is 47.0 Å². The molecule has 0 aliphatic carbocycles. The summed E-state index contributed by atoms with van der Waals surface area (Å²) in [6, 6.07) is 6.06. The molecule has 1 rings (SSSR count). The van der Waals surface area contributed by atoms with Crippen LogP contribution in [0.25, 0.3) is 0 Å². The number of carbonyl (C=O) groups excluding carboxylic acids is 3. The van der Waals surface area contributed by atoms with Crippen LogP contribution in [0.1, 0.15) is 111 Å². The zero-order valence-corrected chi connectivity index (χ0v) is 24.6. The molecule has 3 atom stereocenters. The number of benzene rings is 1. The summed E-state index contributed by atoms with van der Waals surface area (Å²) in [5.41, 5.74) is 1.09. The molecule has 0 aliphatic rings. The molecule has 0 saturated carbocycles. The summed E-state index contributed by atoms with van der Waals surface area (Å²) in [6.45, 7) is 17.7. The lowest BCUT2D eigenvalue weighted by atomic mass is 9.95. The molecule has 0 spiro atoms. The van der Waals surface area contributed by atoms with Crippen molar-refractivity contribution in [3.8, 4) is 0 Å². The maximum absolute atomic E-state index is 14.2. The van der Waals surface area contributed by atoms with E-state index in [-0.39, 0.29) is 23.8 Å². The summed E-state index contributed by atoms with van der Waals surface area (Å²) in [6.07, 6.45) is 5.15. The molecule has 0 radical (unpaired) electrons. The Morgan fingerprint density at radius 3 is 2.16 bits per heavy atom. The van der Waals surface area contributed by atoms with Crippen LogP contribution in [0.3, 0.4) is 0 Å². The third kappa shape index (κ3) is 11.6. The molecule has 37 heavy (non-hydrogen) atoms. The molecule has 7 heteroatoms. The fourth-order valence-corrected chi connectivity index (χ4v) is 4.23. The molecule has 2 N–H and O–H groups in total. The fraction of sp³-hybridized carbons (Fsp3) is 0.700. The van der Waals surface area contributed by atoms with Crippen LogP contribution in [0.2, 0.25) is 0 Å². The van der Waals surface area contributed by atoms with Crippen molar-refractivity contribution in [2.75, 3.05) is 6.54 Å². The van der Waals surface area contributed by atoms with Crippen LogP contribution in [0.4, 0.5) is 4.79 Å². The van der Waals surface area contributed by atoms with Crippen molar-refractivity contribution in [2.24, 2.45) is 5.92 Å². The first kappa shape index (κ1) is 32.5. The number of nitrogens with one attached hydrogen (secondary N) is 2. The number of ether oxygens (including phenoxy) is 1. The van der Waals surface area contributed by atoms with Crippen LogP contribution >= 0.6 is 0 Å². The summed E-state index contributed by atoms with van der Waals surface area (Å²) in [5.74, 6) is -0.627. The van der Waals surface area contributed by atoms with Gasteiger partial charge in [-0.25, -0.2) is 4.79 Å². The number of nitrogens with zero attached hydrogens (tertiary/aromatic N) is 1. The Morgan fingerprint density at radius 1 is 0.973 bits per heavy atom. The SMILES string of the molecule is CCCCCCCN(C(=O)C(NC(=O)OC(C)(C)C)C(C)CC)C(C(=O)NC(C)C)c1cccc(C)c1. The Morgan fingerprint density at radius 2 is 1.62 bits per heavy atom. The number of carbonyl (C=O) groups is 3. The normalized spacial score (nSPS) is 14.0. The summed E-state index contributed by atoms with van der Waals surface area (Å²) in [4.78, 5) is 42.2. The van der Waals surface area contributed by atoms with E-state index >= 15 is 0 Å². The number of alkyl carbamates (subject to hydrolysis) is 1. The molecule has 1 aromatic rings. The molecule has 3 unspecified atom stereocenters. The number of hydrogen-bond acceptors (Lipinski definition) is 4. The first-order chi connectivity index (χ1) is 17.3. The van der Waals surface area contributed by atoms with Gasteiger partial charge in [0.2, 0.25) is 11.8 Å². The molecule has 0 bridgehead atoms. The van der Waals surface area contributed by atoms with Gasteiger partial charge in [0, 0.05) is 12.6 Å². The quantitative estimate of drug-likeness (QED) is 0.284. The van der Waals surface area contributed by atoms with Crippen molar-refractivity contribution < 1.29 is 19.1 Å². The first-order valence-corrected chi connectivity index (χ1v) is 14.0. The third-order valence-corrected chi connectivity index (χ3v) is 6.29. The van der Waals surface area contributed by atoms with Crippen molar-refractivity contribution in [3.63, 3.8) is 0 Å². The van der Waals surface area contributed by atoms with Gasteiger partial charge in [-0.3, -0.25) is 9.59 Å². The Kier molecular flexibility index (Phi) is 13.7. The predicted octanol–water partition coefficient (Wildman–Crippen LogP) is 6.30. The minimum Gasteiger partial charge on any atom is -0.444 e. The number of aryl methyl sites for hydroxylation is 1. The van der Waals surface area contributed by atoms with Gasteiger partial charge in [0.1, 0.15) is 17.7 Å². The van der Waals surface area contributed by atoms with Gasteiger partial charge in [0.05, 0.1) is 0 Å². The fourth-order valence-electron chi connectivity index (χ4n) is 4.23. The third-order valence-electron chi connectivity index (χ3n) is 6.29. The lowest BCUT2D eigenvalue weighted by molar-refractivity contribution is -0.143. The highest BCUT2D eigenvalue weighted by atomic mass is 16.6. The standard InChI is InChI=1S/C30H51N3O4/c1-10-12-13-14-15-19-33(26(27(34)31-21(3)4)24-18-16-17-22(5)20-24)28(35)25(23(6)11-2)32-29(36)37-30(7,8)9/h16-18,20-21,23,25-26H,10-15,19H2,1-9H3,(H,31,34)(H,32,36). The molecular weight excluding hydrogens is 466 g/mol. The molecule has 3 amide bonds. The second kappa shape index (κ2) is 15.6. The van der Waals surface area contributed by atoms with Crippen LogP contribution in [0.15, 0.2) is 24.3 Å². The summed E-state index contributed by atoms with van der Waals surface area (Å²) in [5, 5.41) is 5.84. The van der Waals surface area contributed by atoms with E-state index < -0.39 is 23.8 Å². The average molecular weight is 518 g/mol. The second-order valence-corrected chi connectivity index (χ2v) is 11.4. The first-order valence-electron chi connectivity index (χ1n) is 14.0. The molecule has 0 aromatic heterocycles. The summed E-state index contributed by atoms with van der Waals surface area (Å²) >= 11 is 0. The summed E-state index contributed by atoms with van der Waals surface area (Å²) < 4.78 is 5.48. The lowest BCUT2D eigenvalue weighted by Crippen LogP contribution is -2.55. The highest BCUT2D eigenvalue weighted by Gasteiger charge is 2.38. The van der Waals surface area contributed by atoms with Gasteiger partial charge in [-0.05, 0) is 59.4 Å². The topological polar surface area (TPSA) is 87.7 Å². The molecule has 0 fully saturated rings. The van der Waals surface area contributed by atoms with Crippen LogP contribution in [0.5, 0.6) is 0 Å². The Labute approximate surface area is 225 Å². The highest BCUT2D eigenvalue weighted by molar-refractivity contribution is 5.92. The Bertz CT molecular complexity index is 863. The number of amides is 3. The van der Waals surface area contributed by atoms with E-state index in [2.05, 4.69) is 17.6 Å². The van der Waals surface area contributed by atoms with E-state index in [0.717, 1.165) is 43.2 Å². The highest BCUT2D eigenvalue weighted by Crippen LogP contribution is 2.26. The second-order valence-electron chi connectivity index (χ2n) is 11.4. The monoisotopic (exact) mass is 517 g/mol. The van der Waals surface area contributed by atoms with Crippen LogP contribution < -0.4 is 10.6 Å². The van der Waals surface area contributed by atoms with E-state index in [1.165, 1.54) is 0 Å².